The van der Waals surface area contributed by atoms with Crippen LogP contribution in [0.15, 0.2) is 54.6 Å². The first-order chi connectivity index (χ1) is 13.0. The molecule has 3 aromatic rings. The highest BCUT2D eigenvalue weighted by molar-refractivity contribution is 5.98. The number of benzene rings is 2. The van der Waals surface area contributed by atoms with Gasteiger partial charge < -0.3 is 5.32 Å². The highest BCUT2D eigenvalue weighted by Crippen LogP contribution is 2.19. The maximum Gasteiger partial charge on any atom is 0.221 e. The molecule has 1 amide bonds. The van der Waals surface area contributed by atoms with Crippen molar-refractivity contribution in [2.24, 2.45) is 0 Å². The second-order valence-electron chi connectivity index (χ2n) is 6.48. The quantitative estimate of drug-likeness (QED) is 0.631. The van der Waals surface area contributed by atoms with Crippen LogP contribution in [0.3, 0.4) is 0 Å². The van der Waals surface area contributed by atoms with Gasteiger partial charge in [-0.3, -0.25) is 14.7 Å². The number of aryl methyl sites for hydroxylation is 2. The maximum atomic E-state index is 12.5. The molecule has 3 rings (SSSR count). The van der Waals surface area contributed by atoms with Gasteiger partial charge in [0.1, 0.15) is 11.9 Å². The van der Waals surface area contributed by atoms with Gasteiger partial charge in [0.05, 0.1) is 0 Å². The minimum Gasteiger partial charge on any atom is -0.342 e. The van der Waals surface area contributed by atoms with Gasteiger partial charge >= 0.3 is 0 Å². The second-order valence-corrected chi connectivity index (χ2v) is 6.48. The summed E-state index contributed by atoms with van der Waals surface area (Å²) >= 11 is 0. The summed E-state index contributed by atoms with van der Waals surface area (Å²) in [4.78, 5) is 29.1. The zero-order valence-electron chi connectivity index (χ0n) is 15.4. The van der Waals surface area contributed by atoms with Gasteiger partial charge in [0.15, 0.2) is 11.6 Å². The van der Waals surface area contributed by atoms with Crippen molar-refractivity contribution in [3.63, 3.8) is 0 Å². The Bertz CT molecular complexity index is 917. The molecule has 1 aromatic heterocycles. The number of ketones is 1. The van der Waals surface area contributed by atoms with Gasteiger partial charge in [0.2, 0.25) is 5.91 Å². The summed E-state index contributed by atoms with van der Waals surface area (Å²) in [6.45, 7) is 3.77. The lowest BCUT2D eigenvalue weighted by atomic mass is 10.0. The number of nitrogens with zero attached hydrogens (tertiary/aromatic N) is 2. The number of rotatable bonds is 7. The lowest BCUT2D eigenvalue weighted by molar-refractivity contribution is -0.121. The number of hydrogen-bond acceptors (Lipinski definition) is 4. The molecule has 0 fully saturated rings. The third kappa shape index (κ3) is 4.88. The topological polar surface area (TPSA) is 87.7 Å². The molecule has 1 atom stereocenters. The lowest BCUT2D eigenvalue weighted by Crippen LogP contribution is -2.30. The second kappa shape index (κ2) is 8.40. The summed E-state index contributed by atoms with van der Waals surface area (Å²) in [5.74, 6) is 0.911. The van der Waals surface area contributed by atoms with E-state index < -0.39 is 6.04 Å². The average molecular weight is 362 g/mol. The first kappa shape index (κ1) is 18.5. The molecule has 0 aliphatic heterocycles. The molecular formula is C21H22N4O2. The van der Waals surface area contributed by atoms with E-state index in [0.717, 1.165) is 11.1 Å². The minimum atomic E-state index is -0.460. The van der Waals surface area contributed by atoms with Crippen LogP contribution in [0.1, 0.15) is 52.0 Å². The fourth-order valence-corrected chi connectivity index (χ4v) is 2.78. The smallest absolute Gasteiger partial charge is 0.221 e. The molecule has 138 valence electrons. The fourth-order valence-electron chi connectivity index (χ4n) is 2.78. The summed E-state index contributed by atoms with van der Waals surface area (Å²) in [5, 5.41) is 9.92. The molecular weight excluding hydrogens is 340 g/mol. The first-order valence-corrected chi connectivity index (χ1v) is 8.86. The van der Waals surface area contributed by atoms with Crippen molar-refractivity contribution in [1.82, 2.24) is 20.5 Å². The number of amides is 1. The zero-order chi connectivity index (χ0) is 19.2. The largest absolute Gasteiger partial charge is 0.342 e. The number of Topliss-reactive ketones (excluding diaryl/α,β-unsaturated/α-hetero) is 1. The first-order valence-electron chi connectivity index (χ1n) is 8.86. The summed E-state index contributed by atoms with van der Waals surface area (Å²) < 4.78 is 0. The van der Waals surface area contributed by atoms with E-state index in [1.807, 2.05) is 49.4 Å². The van der Waals surface area contributed by atoms with Crippen molar-refractivity contribution in [2.45, 2.75) is 32.7 Å². The van der Waals surface area contributed by atoms with Crippen LogP contribution in [-0.4, -0.2) is 26.9 Å². The van der Waals surface area contributed by atoms with Crippen LogP contribution in [-0.2, 0) is 4.79 Å². The molecule has 1 unspecified atom stereocenters. The van der Waals surface area contributed by atoms with Crippen LogP contribution in [0.2, 0.25) is 0 Å². The van der Waals surface area contributed by atoms with E-state index in [4.69, 9.17) is 0 Å². The third-order valence-corrected chi connectivity index (χ3v) is 4.26. The molecule has 0 saturated carbocycles. The number of hydrogen-bond donors (Lipinski definition) is 2. The Balaban J connectivity index is 1.66. The Morgan fingerprint density at radius 1 is 1.00 bits per heavy atom. The van der Waals surface area contributed by atoms with Gasteiger partial charge in [0, 0.05) is 18.4 Å². The van der Waals surface area contributed by atoms with Crippen LogP contribution in [0.5, 0.6) is 0 Å². The van der Waals surface area contributed by atoms with Gasteiger partial charge in [-0.05, 0) is 19.4 Å². The molecule has 2 aromatic carbocycles. The summed E-state index contributed by atoms with van der Waals surface area (Å²) in [6.07, 6.45) is 0.267. The molecule has 6 heteroatoms. The summed E-state index contributed by atoms with van der Waals surface area (Å²) in [7, 11) is 0. The third-order valence-electron chi connectivity index (χ3n) is 4.26. The summed E-state index contributed by atoms with van der Waals surface area (Å²) in [6, 6.07) is 16.4. The van der Waals surface area contributed by atoms with Gasteiger partial charge in [-0.25, -0.2) is 4.98 Å². The Hall–Kier alpha value is -3.28. The van der Waals surface area contributed by atoms with E-state index >= 15 is 0 Å². The predicted molar refractivity (Wildman–Crippen MR) is 102 cm³/mol. The van der Waals surface area contributed by atoms with Crippen molar-refractivity contribution >= 4 is 11.7 Å². The van der Waals surface area contributed by atoms with E-state index in [0.29, 0.717) is 17.2 Å². The van der Waals surface area contributed by atoms with E-state index in [1.54, 1.807) is 19.1 Å². The molecule has 0 aliphatic rings. The van der Waals surface area contributed by atoms with Crippen LogP contribution in [0, 0.1) is 13.8 Å². The molecule has 0 saturated heterocycles. The number of aromatic nitrogens is 3. The van der Waals surface area contributed by atoms with Crippen molar-refractivity contribution < 1.29 is 9.59 Å². The maximum absolute atomic E-state index is 12.5. The summed E-state index contributed by atoms with van der Waals surface area (Å²) in [5.41, 5.74) is 2.60. The van der Waals surface area contributed by atoms with E-state index in [2.05, 4.69) is 20.5 Å². The highest BCUT2D eigenvalue weighted by atomic mass is 16.2. The Morgan fingerprint density at radius 3 is 2.33 bits per heavy atom. The SMILES string of the molecule is Cc1ccc(C(=O)CCC(=O)NC(c2ccccc2)c2n[nH]c(C)n2)cc1. The van der Waals surface area contributed by atoms with Gasteiger partial charge in [-0.1, -0.05) is 60.2 Å². The number of H-pyrrole nitrogens is 1. The van der Waals surface area contributed by atoms with Gasteiger partial charge in [0.25, 0.3) is 0 Å². The minimum absolute atomic E-state index is 0.0462. The normalized spacial score (nSPS) is 11.8. The Morgan fingerprint density at radius 2 is 1.70 bits per heavy atom. The van der Waals surface area contributed by atoms with Crippen molar-refractivity contribution in [3.05, 3.63) is 82.9 Å². The van der Waals surface area contributed by atoms with Crippen molar-refractivity contribution in [3.8, 4) is 0 Å². The Kier molecular flexibility index (Phi) is 5.76. The average Bonchev–Trinajstić information content (AvgIpc) is 3.11. The predicted octanol–water partition coefficient (Wildman–Crippen LogP) is 3.29. The van der Waals surface area contributed by atoms with Crippen LogP contribution in [0.4, 0.5) is 0 Å². The number of nitrogens with one attached hydrogen (secondary N) is 2. The van der Waals surface area contributed by atoms with Crippen LogP contribution < -0.4 is 5.32 Å². The van der Waals surface area contributed by atoms with Crippen LogP contribution in [0.25, 0.3) is 0 Å². The molecule has 6 nitrogen and oxygen atoms in total. The number of aromatic amines is 1. The molecule has 27 heavy (non-hydrogen) atoms. The molecule has 0 bridgehead atoms. The highest BCUT2D eigenvalue weighted by Gasteiger charge is 2.21. The monoisotopic (exact) mass is 362 g/mol. The van der Waals surface area contributed by atoms with Crippen LogP contribution >= 0.6 is 0 Å². The van der Waals surface area contributed by atoms with Gasteiger partial charge in [-0.2, -0.15) is 5.10 Å². The number of carbonyl (C=O) groups excluding carboxylic acids is 2. The molecule has 0 radical (unpaired) electrons. The zero-order valence-corrected chi connectivity index (χ0v) is 15.4. The van der Waals surface area contributed by atoms with E-state index in [-0.39, 0.29) is 24.5 Å². The van der Waals surface area contributed by atoms with E-state index in [1.165, 1.54) is 0 Å². The number of carbonyl (C=O) groups is 2. The van der Waals surface area contributed by atoms with Gasteiger partial charge in [-0.15, -0.1) is 0 Å². The lowest BCUT2D eigenvalue weighted by Gasteiger charge is -2.16. The molecule has 0 spiro atoms. The van der Waals surface area contributed by atoms with Crippen molar-refractivity contribution in [2.75, 3.05) is 0 Å². The fraction of sp³-hybridized carbons (Fsp3) is 0.238. The van der Waals surface area contributed by atoms with Crippen molar-refractivity contribution in [1.29, 1.82) is 0 Å². The van der Waals surface area contributed by atoms with E-state index in [9.17, 15) is 9.59 Å². The molecule has 2 N–H and O–H groups in total. The standard InChI is InChI=1S/C21H22N4O2/c1-14-8-10-16(11-9-14)18(26)12-13-19(27)23-20(17-6-4-3-5-7-17)21-22-15(2)24-25-21/h3-11,20H,12-13H2,1-2H3,(H,23,27)(H,22,24,25). The Labute approximate surface area is 158 Å². The molecule has 0 aliphatic carbocycles. The molecule has 1 heterocycles.